The number of hydrogen-bond acceptors (Lipinski definition) is 7. The highest BCUT2D eigenvalue weighted by Crippen LogP contribution is 2.49. The molecule has 0 saturated carbocycles. The van der Waals surface area contributed by atoms with E-state index in [4.69, 9.17) is 18.5 Å². The van der Waals surface area contributed by atoms with Crippen molar-refractivity contribution in [3.8, 4) is 11.3 Å². The molecule has 1 N–H and O–H groups in total. The molecule has 2 rings (SSSR count). The van der Waals surface area contributed by atoms with Crippen LogP contribution in [0, 0.1) is 6.92 Å². The van der Waals surface area contributed by atoms with Gasteiger partial charge in [-0.15, -0.1) is 0 Å². The summed E-state index contributed by atoms with van der Waals surface area (Å²) in [6, 6.07) is 7.29. The smallest absolute Gasteiger partial charge is 0.378 e. The van der Waals surface area contributed by atoms with E-state index in [9.17, 15) is 14.2 Å². The zero-order valence-electron chi connectivity index (χ0n) is 17.9. The van der Waals surface area contributed by atoms with Crippen LogP contribution in [0.15, 0.2) is 24.3 Å². The zero-order chi connectivity index (χ0) is 22.3. The summed E-state index contributed by atoms with van der Waals surface area (Å²) >= 11 is 0. The van der Waals surface area contributed by atoms with Gasteiger partial charge in [0.1, 0.15) is 16.6 Å². The highest BCUT2D eigenvalue weighted by molar-refractivity contribution is 7.62. The second kappa shape index (κ2) is 10.6. The Morgan fingerprint density at radius 2 is 1.33 bits per heavy atom. The molecule has 0 atom stereocenters. The van der Waals surface area contributed by atoms with Crippen LogP contribution < -0.4 is 5.44 Å². The molecule has 0 bridgehead atoms. The molecule has 8 nitrogen and oxygen atoms in total. The van der Waals surface area contributed by atoms with Crippen LogP contribution in [0.25, 0.3) is 11.3 Å². The lowest BCUT2D eigenvalue weighted by molar-refractivity contribution is 0.0481. The van der Waals surface area contributed by atoms with Gasteiger partial charge in [-0.3, -0.25) is 4.57 Å². The van der Waals surface area contributed by atoms with Crippen LogP contribution in [0.2, 0.25) is 0 Å². The van der Waals surface area contributed by atoms with Crippen LogP contribution >= 0.6 is 7.60 Å². The lowest BCUT2D eigenvalue weighted by atomic mass is 10.0. The minimum absolute atomic E-state index is 0.0613. The van der Waals surface area contributed by atoms with E-state index in [1.54, 1.807) is 39.8 Å². The number of hydrogen-bond donors (Lipinski definition) is 1. The predicted molar refractivity (Wildman–Crippen MR) is 113 cm³/mol. The number of carbonyl (C=O) groups is 2. The van der Waals surface area contributed by atoms with Crippen molar-refractivity contribution in [2.45, 2.75) is 34.6 Å². The summed E-state index contributed by atoms with van der Waals surface area (Å²) in [6.45, 7) is 8.87. The molecule has 0 aliphatic heterocycles. The molecule has 0 spiro atoms. The first-order valence-corrected chi connectivity index (χ1v) is 11.4. The maximum absolute atomic E-state index is 13.5. The molecule has 9 heteroatoms. The van der Waals surface area contributed by atoms with Crippen LogP contribution in [0.5, 0.6) is 0 Å². The van der Waals surface area contributed by atoms with Crippen LogP contribution in [-0.4, -0.2) is 43.4 Å². The van der Waals surface area contributed by atoms with Gasteiger partial charge in [0.05, 0.1) is 32.1 Å². The minimum atomic E-state index is -3.95. The molecule has 0 saturated heterocycles. The maximum atomic E-state index is 13.5. The van der Waals surface area contributed by atoms with Gasteiger partial charge in [-0.25, -0.2) is 9.59 Å². The monoisotopic (exact) mass is 437 g/mol. The molecule has 0 unspecified atom stereocenters. The third-order valence-corrected chi connectivity index (χ3v) is 6.23. The van der Waals surface area contributed by atoms with Gasteiger partial charge in [0.2, 0.25) is 0 Å². The van der Waals surface area contributed by atoms with Crippen molar-refractivity contribution in [3.05, 3.63) is 41.0 Å². The summed E-state index contributed by atoms with van der Waals surface area (Å²) in [7, 11) is -3.95. The van der Waals surface area contributed by atoms with Gasteiger partial charge in [-0.05, 0) is 40.2 Å². The Labute approximate surface area is 176 Å². The van der Waals surface area contributed by atoms with E-state index in [0.717, 1.165) is 5.56 Å². The summed E-state index contributed by atoms with van der Waals surface area (Å²) in [5.41, 5.74) is 1.53. The van der Waals surface area contributed by atoms with E-state index >= 15 is 0 Å². The van der Waals surface area contributed by atoms with E-state index in [1.165, 1.54) is 0 Å². The molecule has 0 aliphatic carbocycles. The van der Waals surface area contributed by atoms with Gasteiger partial charge in [-0.2, -0.15) is 0 Å². The lowest BCUT2D eigenvalue weighted by Crippen LogP contribution is -2.23. The summed E-state index contributed by atoms with van der Waals surface area (Å²) in [6.07, 6.45) is 0. The Hall–Kier alpha value is -2.41. The Balaban J connectivity index is 2.87. The number of carbonyl (C=O) groups excluding carboxylic acids is 2. The van der Waals surface area contributed by atoms with Crippen molar-refractivity contribution in [3.63, 3.8) is 0 Å². The number of H-pyrrole nitrogens is 1. The fourth-order valence-corrected chi connectivity index (χ4v) is 4.68. The standard InChI is InChI=1S/C21H28NO7P/c1-6-26-20(23)16-17(21(24)27-7-2)19(30(25,28-8-3)29-9-4)22-18(16)15-12-10-14(5)11-13-15/h10-13,22H,6-9H2,1-5H3. The highest BCUT2D eigenvalue weighted by Gasteiger charge is 2.40. The Morgan fingerprint density at radius 1 is 0.833 bits per heavy atom. The predicted octanol–water partition coefficient (Wildman–Crippen LogP) is 4.23. The van der Waals surface area contributed by atoms with Crippen molar-refractivity contribution < 1.29 is 32.7 Å². The topological polar surface area (TPSA) is 104 Å². The fourth-order valence-electron chi connectivity index (χ4n) is 2.94. The summed E-state index contributed by atoms with van der Waals surface area (Å²) in [5, 5.41) is 0. The van der Waals surface area contributed by atoms with Gasteiger partial charge in [0.15, 0.2) is 0 Å². The summed E-state index contributed by atoms with van der Waals surface area (Å²) in [5.74, 6) is -1.55. The Morgan fingerprint density at radius 3 is 1.80 bits per heavy atom. The molecule has 1 aromatic carbocycles. The van der Waals surface area contributed by atoms with E-state index < -0.39 is 19.5 Å². The molecule has 30 heavy (non-hydrogen) atoms. The third kappa shape index (κ3) is 5.01. The normalized spacial score (nSPS) is 11.4. The third-order valence-electron chi connectivity index (χ3n) is 4.15. The number of aromatic amines is 1. The molecule has 0 aliphatic rings. The van der Waals surface area contributed by atoms with Gasteiger partial charge in [0.25, 0.3) is 0 Å². The van der Waals surface area contributed by atoms with E-state index in [-0.39, 0.29) is 48.7 Å². The molecular formula is C21H28NO7P. The van der Waals surface area contributed by atoms with Crippen LogP contribution in [0.1, 0.15) is 54.0 Å². The molecule has 1 heterocycles. The van der Waals surface area contributed by atoms with Crippen molar-refractivity contribution in [1.29, 1.82) is 0 Å². The summed E-state index contributed by atoms with van der Waals surface area (Å²) in [4.78, 5) is 28.7. The van der Waals surface area contributed by atoms with E-state index in [0.29, 0.717) is 5.56 Å². The number of esters is 2. The molecule has 1 aromatic heterocycles. The quantitative estimate of drug-likeness (QED) is 0.438. The number of aryl methyl sites for hydroxylation is 1. The first kappa shape index (κ1) is 23.9. The maximum Gasteiger partial charge on any atom is 0.378 e. The second-order valence-electron chi connectivity index (χ2n) is 6.24. The molecule has 0 amide bonds. The molecule has 0 fully saturated rings. The molecule has 0 radical (unpaired) electrons. The van der Waals surface area contributed by atoms with E-state index in [2.05, 4.69) is 4.98 Å². The number of nitrogens with one attached hydrogen (secondary N) is 1. The number of aromatic nitrogens is 1. The Bertz CT molecular complexity index is 924. The highest BCUT2D eigenvalue weighted by atomic mass is 31.2. The zero-order valence-corrected chi connectivity index (χ0v) is 18.8. The van der Waals surface area contributed by atoms with Crippen molar-refractivity contribution in [2.24, 2.45) is 0 Å². The Kier molecular flexibility index (Phi) is 8.41. The number of rotatable bonds is 10. The van der Waals surface area contributed by atoms with Crippen LogP contribution in [0.3, 0.4) is 0 Å². The van der Waals surface area contributed by atoms with Crippen molar-refractivity contribution in [2.75, 3.05) is 26.4 Å². The molecule has 2 aromatic rings. The number of ether oxygens (including phenoxy) is 2. The lowest BCUT2D eigenvalue weighted by Gasteiger charge is -2.17. The first-order valence-electron chi connectivity index (χ1n) is 9.89. The van der Waals surface area contributed by atoms with Gasteiger partial charge in [-0.1, -0.05) is 29.8 Å². The van der Waals surface area contributed by atoms with Crippen molar-refractivity contribution in [1.82, 2.24) is 4.98 Å². The average Bonchev–Trinajstić information content (AvgIpc) is 3.11. The second-order valence-corrected chi connectivity index (χ2v) is 8.20. The summed E-state index contributed by atoms with van der Waals surface area (Å²) < 4.78 is 34.7. The van der Waals surface area contributed by atoms with Crippen molar-refractivity contribution >= 4 is 25.0 Å². The van der Waals surface area contributed by atoms with Gasteiger partial charge >= 0.3 is 19.5 Å². The van der Waals surface area contributed by atoms with Gasteiger partial charge < -0.3 is 23.5 Å². The van der Waals surface area contributed by atoms with Crippen LogP contribution in [-0.2, 0) is 23.1 Å². The molecule has 164 valence electrons. The SMILES string of the molecule is CCOC(=O)c1c(-c2ccc(C)cc2)[nH]c(P(=O)(OCC)OCC)c1C(=O)OCC. The largest absolute Gasteiger partial charge is 0.462 e. The minimum Gasteiger partial charge on any atom is -0.462 e. The molecular weight excluding hydrogens is 409 g/mol. The first-order chi connectivity index (χ1) is 14.3. The average molecular weight is 437 g/mol. The van der Waals surface area contributed by atoms with E-state index in [1.807, 2.05) is 19.1 Å². The number of benzene rings is 1. The fraction of sp³-hybridized carbons (Fsp3) is 0.429. The van der Waals surface area contributed by atoms with Crippen LogP contribution in [0.4, 0.5) is 0 Å². The van der Waals surface area contributed by atoms with Gasteiger partial charge in [0, 0.05) is 0 Å².